The van der Waals surface area contributed by atoms with Crippen molar-refractivity contribution in [3.8, 4) is 0 Å². The summed E-state index contributed by atoms with van der Waals surface area (Å²) in [4.78, 5) is 45.8. The first kappa shape index (κ1) is 40.0. The minimum atomic E-state index is -3.41. The average molecular weight is 668 g/mol. The van der Waals surface area contributed by atoms with Crippen molar-refractivity contribution in [3.05, 3.63) is 29.8 Å². The fraction of sp³-hybridized carbons (Fsp3) is 0.727. The summed E-state index contributed by atoms with van der Waals surface area (Å²) >= 11 is 0. The minimum absolute atomic E-state index is 0.0780. The molecule has 1 saturated heterocycles. The number of nitrogens with two attached hydrogens (primary N) is 1. The molecule has 1 aromatic carbocycles. The minimum Gasteiger partial charge on any atom is -0.465 e. The van der Waals surface area contributed by atoms with Crippen LogP contribution >= 0.6 is 7.60 Å². The van der Waals surface area contributed by atoms with Crippen LogP contribution in [0.4, 0.5) is 5.69 Å². The van der Waals surface area contributed by atoms with Crippen LogP contribution in [0.3, 0.4) is 0 Å². The molecule has 0 radical (unpaired) electrons. The van der Waals surface area contributed by atoms with Gasteiger partial charge < -0.3 is 24.3 Å². The first-order valence-electron chi connectivity index (χ1n) is 17.0. The zero-order valence-corrected chi connectivity index (χ0v) is 29.3. The monoisotopic (exact) mass is 667 g/mol. The standard InChI is InChI=1S/C33H58N5O7P/c1-4-7-24-43-33(41)28-37-18-17-36(27-32(40)30-12-10-11-13-31(30)34)16-14-35(22-23-39)15-20-38(21-19-37)29-46(42,44-25-8-5-2)45-26-9-6-3/h10-13,23H,4-9,14-22,24-29,34H2,1-3H3. The van der Waals surface area contributed by atoms with Gasteiger partial charge in [-0.05, 0) is 31.4 Å². The van der Waals surface area contributed by atoms with Crippen LogP contribution in [0.25, 0.3) is 0 Å². The molecule has 12 nitrogen and oxygen atoms in total. The number of anilines is 1. The molecule has 0 saturated carbocycles. The number of benzene rings is 1. The molecule has 1 aliphatic heterocycles. The Labute approximate surface area is 276 Å². The summed E-state index contributed by atoms with van der Waals surface area (Å²) in [5.74, 6) is -0.369. The number of unbranched alkanes of at least 4 members (excludes halogenated alkanes) is 3. The Hall–Kier alpha value is -2.18. The number of ether oxygens (including phenoxy) is 1. The number of hydrogen-bond acceptors (Lipinski definition) is 12. The van der Waals surface area contributed by atoms with Crippen molar-refractivity contribution >= 4 is 31.3 Å². The Morgan fingerprint density at radius 3 is 1.80 bits per heavy atom. The Balaban J connectivity index is 2.26. The van der Waals surface area contributed by atoms with Gasteiger partial charge in [-0.2, -0.15) is 0 Å². The van der Waals surface area contributed by atoms with Gasteiger partial charge in [0.2, 0.25) is 0 Å². The molecule has 0 bridgehead atoms. The number of esters is 1. The molecule has 2 N–H and O–H groups in total. The van der Waals surface area contributed by atoms with E-state index in [-0.39, 0.29) is 37.7 Å². The third-order valence-electron chi connectivity index (χ3n) is 7.95. The number of ketones is 1. The number of hydrogen-bond donors (Lipinski definition) is 1. The van der Waals surface area contributed by atoms with Gasteiger partial charge in [-0.25, -0.2) is 0 Å². The van der Waals surface area contributed by atoms with Crippen LogP contribution in [-0.2, 0) is 27.9 Å². The number of nitrogen functional groups attached to an aromatic ring is 1. The van der Waals surface area contributed by atoms with Crippen molar-refractivity contribution in [1.29, 1.82) is 0 Å². The van der Waals surface area contributed by atoms with Crippen molar-refractivity contribution in [3.63, 3.8) is 0 Å². The van der Waals surface area contributed by atoms with Gasteiger partial charge in [0.1, 0.15) is 12.6 Å². The molecule has 262 valence electrons. The van der Waals surface area contributed by atoms with Gasteiger partial charge in [-0.15, -0.1) is 0 Å². The van der Waals surface area contributed by atoms with Gasteiger partial charge in [0.05, 0.1) is 39.5 Å². The lowest BCUT2D eigenvalue weighted by molar-refractivity contribution is -0.145. The molecule has 0 unspecified atom stereocenters. The van der Waals surface area contributed by atoms with Crippen LogP contribution in [0, 0.1) is 0 Å². The number of carbonyl (C=O) groups is 3. The van der Waals surface area contributed by atoms with Crippen LogP contribution < -0.4 is 5.73 Å². The number of nitrogens with zero attached hydrogens (tertiary/aromatic N) is 4. The van der Waals surface area contributed by atoms with Gasteiger partial charge in [0.15, 0.2) is 5.78 Å². The van der Waals surface area contributed by atoms with E-state index in [2.05, 4.69) is 23.6 Å². The molecule has 0 aliphatic carbocycles. The lowest BCUT2D eigenvalue weighted by atomic mass is 10.1. The molecular weight excluding hydrogens is 609 g/mol. The van der Waals surface area contributed by atoms with E-state index < -0.39 is 7.60 Å². The second-order valence-corrected chi connectivity index (χ2v) is 13.9. The zero-order valence-electron chi connectivity index (χ0n) is 28.4. The highest BCUT2D eigenvalue weighted by Crippen LogP contribution is 2.49. The van der Waals surface area contributed by atoms with Crippen molar-refractivity contribution in [2.24, 2.45) is 0 Å². The molecule has 1 aliphatic rings. The third kappa shape index (κ3) is 16.1. The maximum atomic E-state index is 13.9. The molecule has 1 heterocycles. The largest absolute Gasteiger partial charge is 0.465 e. The zero-order chi connectivity index (χ0) is 33.6. The number of aldehydes is 1. The number of rotatable bonds is 20. The highest BCUT2D eigenvalue weighted by molar-refractivity contribution is 7.53. The Morgan fingerprint density at radius 2 is 1.26 bits per heavy atom. The predicted octanol–water partition coefficient (Wildman–Crippen LogP) is 4.00. The summed E-state index contributed by atoms with van der Waals surface area (Å²) in [6.45, 7) is 12.0. The maximum absolute atomic E-state index is 13.9. The molecule has 0 amide bonds. The van der Waals surface area contributed by atoms with Gasteiger partial charge in [0.25, 0.3) is 0 Å². The fourth-order valence-electron chi connectivity index (χ4n) is 4.98. The lowest BCUT2D eigenvalue weighted by Gasteiger charge is -2.34. The highest BCUT2D eigenvalue weighted by Gasteiger charge is 2.29. The van der Waals surface area contributed by atoms with E-state index in [9.17, 15) is 18.9 Å². The SMILES string of the molecule is CCCCOC(=O)CN1CCN(CC(=O)c2ccccc2N)CCN(CC=O)CCN(CP(=O)(OCCCC)OCCCC)CC1. The second kappa shape index (κ2) is 23.2. The summed E-state index contributed by atoms with van der Waals surface area (Å²) in [7, 11) is -3.41. The fourth-order valence-corrected chi connectivity index (χ4v) is 6.81. The molecule has 46 heavy (non-hydrogen) atoms. The summed E-state index contributed by atoms with van der Waals surface area (Å²) < 4.78 is 31.2. The topological polar surface area (TPSA) is 135 Å². The van der Waals surface area contributed by atoms with E-state index in [1.54, 1.807) is 24.3 Å². The lowest BCUT2D eigenvalue weighted by Crippen LogP contribution is -2.48. The number of para-hydroxylation sites is 1. The molecular formula is C33H58N5O7P. The summed E-state index contributed by atoms with van der Waals surface area (Å²) in [6, 6.07) is 7.05. The smallest absolute Gasteiger partial charge is 0.344 e. The Morgan fingerprint density at radius 1 is 0.761 bits per heavy atom. The molecule has 13 heteroatoms. The highest BCUT2D eigenvalue weighted by atomic mass is 31.2. The average Bonchev–Trinajstić information content (AvgIpc) is 3.03. The normalized spacial score (nSPS) is 16.8. The number of carbonyl (C=O) groups excluding carboxylic acids is 3. The van der Waals surface area contributed by atoms with Crippen LogP contribution in [-0.4, -0.2) is 136 Å². The van der Waals surface area contributed by atoms with E-state index in [0.29, 0.717) is 83.4 Å². The molecule has 0 aromatic heterocycles. The van der Waals surface area contributed by atoms with Crippen molar-refractivity contribution < 1.29 is 32.7 Å². The first-order chi connectivity index (χ1) is 22.2. The number of Topliss-reactive ketones (excluding diaryl/α,β-unsaturated/α-hetero) is 1. The van der Waals surface area contributed by atoms with Gasteiger partial charge in [-0.3, -0.25) is 33.8 Å². The molecule has 0 spiro atoms. The van der Waals surface area contributed by atoms with Crippen LogP contribution in [0.2, 0.25) is 0 Å². The van der Waals surface area contributed by atoms with E-state index >= 15 is 0 Å². The molecule has 2 rings (SSSR count). The molecule has 1 aromatic rings. The van der Waals surface area contributed by atoms with E-state index in [1.807, 2.05) is 16.7 Å². The summed E-state index contributed by atoms with van der Waals surface area (Å²) in [5.41, 5.74) is 7.01. The van der Waals surface area contributed by atoms with Crippen LogP contribution in [0.5, 0.6) is 0 Å². The van der Waals surface area contributed by atoms with E-state index in [1.165, 1.54) is 0 Å². The third-order valence-corrected chi connectivity index (χ3v) is 9.85. The Kier molecular flexibility index (Phi) is 20.2. The first-order valence-corrected chi connectivity index (χ1v) is 18.7. The van der Waals surface area contributed by atoms with E-state index in [4.69, 9.17) is 19.5 Å². The van der Waals surface area contributed by atoms with Gasteiger partial charge in [0, 0.05) is 63.6 Å². The van der Waals surface area contributed by atoms with Crippen LogP contribution in [0.1, 0.15) is 69.7 Å². The maximum Gasteiger partial charge on any atom is 0.344 e. The second-order valence-electron chi connectivity index (χ2n) is 11.8. The van der Waals surface area contributed by atoms with Crippen molar-refractivity contribution in [2.75, 3.05) is 104 Å². The van der Waals surface area contributed by atoms with Crippen molar-refractivity contribution in [2.45, 2.75) is 59.3 Å². The van der Waals surface area contributed by atoms with Crippen molar-refractivity contribution in [1.82, 2.24) is 19.6 Å². The summed E-state index contributed by atoms with van der Waals surface area (Å²) in [6.07, 6.45) is 6.17. The molecule has 1 fully saturated rings. The van der Waals surface area contributed by atoms with Gasteiger partial charge in [-0.1, -0.05) is 52.2 Å². The van der Waals surface area contributed by atoms with Gasteiger partial charge >= 0.3 is 13.6 Å². The quantitative estimate of drug-likeness (QED) is 0.0538. The van der Waals surface area contributed by atoms with E-state index in [0.717, 1.165) is 44.8 Å². The predicted molar refractivity (Wildman–Crippen MR) is 182 cm³/mol. The Bertz CT molecular complexity index is 1060. The molecule has 0 atom stereocenters. The van der Waals surface area contributed by atoms with Crippen LogP contribution in [0.15, 0.2) is 24.3 Å². The summed E-state index contributed by atoms with van der Waals surface area (Å²) in [5, 5.41) is 0.